The minimum atomic E-state index is -0.850. The highest BCUT2D eigenvalue weighted by atomic mass is 35.5. The maximum atomic E-state index is 11.9. The summed E-state index contributed by atoms with van der Waals surface area (Å²) in [5.41, 5.74) is 4.62. The first-order chi connectivity index (χ1) is 14.6. The predicted molar refractivity (Wildman–Crippen MR) is 116 cm³/mol. The van der Waals surface area contributed by atoms with Gasteiger partial charge in [-0.05, 0) is 23.8 Å². The Kier molecular flexibility index (Phi) is 7.58. The first-order valence-electron chi connectivity index (χ1n) is 9.24. The largest absolute Gasteiger partial charge is 0.488 e. The molecule has 0 aliphatic heterocycles. The van der Waals surface area contributed by atoms with Crippen molar-refractivity contribution in [2.24, 2.45) is 5.10 Å². The molecule has 0 heterocycles. The van der Waals surface area contributed by atoms with Gasteiger partial charge in [0.25, 0.3) is 0 Å². The highest BCUT2D eigenvalue weighted by molar-refractivity contribution is 6.35. The predicted octanol–water partition coefficient (Wildman–Crippen LogP) is 3.69. The second-order valence-corrected chi connectivity index (χ2v) is 6.69. The molecule has 3 aromatic rings. The van der Waals surface area contributed by atoms with Gasteiger partial charge in [0.15, 0.2) is 0 Å². The van der Waals surface area contributed by atoms with Crippen LogP contribution in [0.25, 0.3) is 0 Å². The van der Waals surface area contributed by atoms with E-state index in [1.54, 1.807) is 18.2 Å². The highest BCUT2D eigenvalue weighted by Gasteiger charge is 2.12. The van der Waals surface area contributed by atoms with Crippen LogP contribution >= 0.6 is 11.6 Å². The summed E-state index contributed by atoms with van der Waals surface area (Å²) in [6, 6.07) is 23.9. The molecule has 0 atom stereocenters. The van der Waals surface area contributed by atoms with Crippen LogP contribution in [0.15, 0.2) is 84.0 Å². The fourth-order valence-corrected chi connectivity index (χ4v) is 2.75. The quantitative estimate of drug-likeness (QED) is 0.347. The molecule has 152 valence electrons. The maximum absolute atomic E-state index is 11.9. The molecule has 0 spiro atoms. The van der Waals surface area contributed by atoms with E-state index in [-0.39, 0.29) is 6.54 Å². The van der Waals surface area contributed by atoms with Crippen LogP contribution in [0, 0.1) is 0 Å². The van der Waals surface area contributed by atoms with E-state index in [0.717, 1.165) is 11.1 Å². The Labute approximate surface area is 179 Å². The zero-order valence-electron chi connectivity index (χ0n) is 16.0. The number of hydrogen-bond acceptors (Lipinski definition) is 4. The smallest absolute Gasteiger partial charge is 0.329 e. The first kappa shape index (κ1) is 21.1. The summed E-state index contributed by atoms with van der Waals surface area (Å²) >= 11 is 6.15. The van der Waals surface area contributed by atoms with E-state index >= 15 is 0 Å². The second-order valence-electron chi connectivity index (χ2n) is 6.29. The van der Waals surface area contributed by atoms with Crippen LogP contribution in [-0.4, -0.2) is 18.0 Å². The Hall–Kier alpha value is -3.64. The van der Waals surface area contributed by atoms with Crippen LogP contribution in [0.2, 0.25) is 5.02 Å². The number of benzene rings is 3. The average molecular weight is 422 g/mol. The zero-order valence-corrected chi connectivity index (χ0v) is 16.8. The van der Waals surface area contributed by atoms with Crippen LogP contribution in [0.4, 0.5) is 0 Å². The summed E-state index contributed by atoms with van der Waals surface area (Å²) in [4.78, 5) is 23.8. The van der Waals surface area contributed by atoms with Crippen LogP contribution in [0.3, 0.4) is 0 Å². The van der Waals surface area contributed by atoms with Crippen molar-refractivity contribution in [2.45, 2.75) is 13.2 Å². The Bertz CT molecular complexity index is 1040. The number of nitrogens with one attached hydrogen (secondary N) is 2. The molecule has 0 radical (unpaired) electrons. The minimum Gasteiger partial charge on any atom is -0.488 e. The number of para-hydroxylation sites is 1. The van der Waals surface area contributed by atoms with E-state index in [1.807, 2.05) is 60.7 Å². The van der Waals surface area contributed by atoms with Gasteiger partial charge in [-0.3, -0.25) is 9.59 Å². The van der Waals surface area contributed by atoms with Gasteiger partial charge in [0, 0.05) is 22.7 Å². The fraction of sp³-hybridized carbons (Fsp3) is 0.0870. The van der Waals surface area contributed by atoms with Gasteiger partial charge in [0.2, 0.25) is 0 Å². The van der Waals surface area contributed by atoms with Gasteiger partial charge in [-0.2, -0.15) is 5.10 Å². The normalized spacial score (nSPS) is 10.6. The average Bonchev–Trinajstić information content (AvgIpc) is 2.78. The lowest BCUT2D eigenvalue weighted by molar-refractivity contribution is -0.139. The lowest BCUT2D eigenvalue weighted by Crippen LogP contribution is -2.37. The minimum absolute atomic E-state index is 0.259. The molecular weight excluding hydrogens is 402 g/mol. The molecule has 0 unspecified atom stereocenters. The van der Waals surface area contributed by atoms with E-state index in [2.05, 4.69) is 15.8 Å². The lowest BCUT2D eigenvalue weighted by atomic mass is 10.2. The zero-order chi connectivity index (χ0) is 21.2. The number of hydrazone groups is 1. The second kappa shape index (κ2) is 10.8. The molecule has 0 aliphatic carbocycles. The first-order valence-corrected chi connectivity index (χ1v) is 9.61. The van der Waals surface area contributed by atoms with Gasteiger partial charge >= 0.3 is 11.8 Å². The van der Waals surface area contributed by atoms with Gasteiger partial charge in [-0.25, -0.2) is 5.43 Å². The van der Waals surface area contributed by atoms with E-state index < -0.39 is 11.8 Å². The fourth-order valence-electron chi connectivity index (χ4n) is 2.56. The SMILES string of the molecule is O=C(NCc1ccccc1)C(=O)N/N=C\c1ccccc1OCc1ccccc1Cl. The third kappa shape index (κ3) is 6.18. The molecule has 3 aromatic carbocycles. The van der Waals surface area contributed by atoms with Gasteiger partial charge in [0.1, 0.15) is 12.4 Å². The molecule has 2 amide bonds. The topological polar surface area (TPSA) is 79.8 Å². The Morgan fingerprint density at radius 3 is 2.40 bits per heavy atom. The van der Waals surface area contributed by atoms with Crippen LogP contribution in [-0.2, 0) is 22.7 Å². The van der Waals surface area contributed by atoms with Gasteiger partial charge < -0.3 is 10.1 Å². The Morgan fingerprint density at radius 1 is 0.900 bits per heavy atom. The van der Waals surface area contributed by atoms with Gasteiger partial charge in [0.05, 0.1) is 6.21 Å². The summed E-state index contributed by atoms with van der Waals surface area (Å²) in [6.07, 6.45) is 1.42. The highest BCUT2D eigenvalue weighted by Crippen LogP contribution is 2.20. The van der Waals surface area contributed by atoms with Gasteiger partial charge in [-0.1, -0.05) is 72.3 Å². The number of hydrogen-bond donors (Lipinski definition) is 2. The third-order valence-electron chi connectivity index (χ3n) is 4.13. The molecule has 7 heteroatoms. The standard InChI is InChI=1S/C23H20ClN3O3/c24-20-12-6-4-11-19(20)16-30-21-13-7-5-10-18(21)15-26-27-23(29)22(28)25-14-17-8-2-1-3-9-17/h1-13,15H,14,16H2,(H,25,28)(H,27,29)/b26-15-. The molecule has 2 N–H and O–H groups in total. The molecule has 0 aliphatic rings. The maximum Gasteiger partial charge on any atom is 0.329 e. The van der Waals surface area contributed by atoms with Crippen molar-refractivity contribution in [1.82, 2.24) is 10.7 Å². The molecule has 0 aromatic heterocycles. The molecular formula is C23H20ClN3O3. The van der Waals surface area contributed by atoms with Crippen LogP contribution in [0.5, 0.6) is 5.75 Å². The molecule has 6 nitrogen and oxygen atoms in total. The van der Waals surface area contributed by atoms with Crippen molar-refractivity contribution in [3.63, 3.8) is 0 Å². The molecule has 0 saturated carbocycles. The monoisotopic (exact) mass is 421 g/mol. The van der Waals surface area contributed by atoms with E-state index in [1.165, 1.54) is 6.21 Å². The van der Waals surface area contributed by atoms with Gasteiger partial charge in [-0.15, -0.1) is 0 Å². The number of amides is 2. The van der Waals surface area contributed by atoms with Crippen molar-refractivity contribution in [1.29, 1.82) is 0 Å². The molecule has 0 bridgehead atoms. The molecule has 0 fully saturated rings. The summed E-state index contributed by atoms with van der Waals surface area (Å²) in [7, 11) is 0. The number of carbonyl (C=O) groups is 2. The summed E-state index contributed by atoms with van der Waals surface area (Å²) in [5.74, 6) is -1.04. The van der Waals surface area contributed by atoms with Crippen LogP contribution in [0.1, 0.15) is 16.7 Å². The molecule has 3 rings (SSSR count). The summed E-state index contributed by atoms with van der Waals surface area (Å²) in [6.45, 7) is 0.550. The number of carbonyl (C=O) groups excluding carboxylic acids is 2. The van der Waals surface area contributed by atoms with E-state index in [0.29, 0.717) is 22.9 Å². The Balaban J connectivity index is 1.53. The number of rotatable bonds is 7. The van der Waals surface area contributed by atoms with Crippen LogP contribution < -0.4 is 15.5 Å². The summed E-state index contributed by atoms with van der Waals surface area (Å²) in [5, 5.41) is 7.02. The van der Waals surface area contributed by atoms with E-state index in [4.69, 9.17) is 16.3 Å². The number of nitrogens with zero attached hydrogens (tertiary/aromatic N) is 1. The lowest BCUT2D eigenvalue weighted by Gasteiger charge is -2.10. The van der Waals surface area contributed by atoms with Crippen molar-refractivity contribution in [2.75, 3.05) is 0 Å². The number of ether oxygens (including phenoxy) is 1. The molecule has 30 heavy (non-hydrogen) atoms. The Morgan fingerprint density at radius 2 is 1.60 bits per heavy atom. The van der Waals surface area contributed by atoms with Crippen molar-refractivity contribution < 1.29 is 14.3 Å². The van der Waals surface area contributed by atoms with Crippen molar-refractivity contribution >= 4 is 29.6 Å². The third-order valence-corrected chi connectivity index (χ3v) is 4.50. The van der Waals surface area contributed by atoms with Crippen molar-refractivity contribution in [3.05, 3.63) is 101 Å². The van der Waals surface area contributed by atoms with Crippen molar-refractivity contribution in [3.8, 4) is 5.75 Å². The molecule has 0 saturated heterocycles. The summed E-state index contributed by atoms with van der Waals surface area (Å²) < 4.78 is 5.83. The van der Waals surface area contributed by atoms with E-state index in [9.17, 15) is 9.59 Å². The number of halogens is 1.